The maximum absolute atomic E-state index is 5.45. The molecule has 6 nitrogen and oxygen atoms in total. The molecule has 27 heavy (non-hydrogen) atoms. The normalized spacial score (nSPS) is 11.0. The zero-order chi connectivity index (χ0) is 18.9. The van der Waals surface area contributed by atoms with Gasteiger partial charge in [0.05, 0.1) is 40.9 Å². The van der Waals surface area contributed by atoms with Gasteiger partial charge in [-0.1, -0.05) is 22.0 Å². The Balaban J connectivity index is 0.00000261. The van der Waals surface area contributed by atoms with Gasteiger partial charge < -0.3 is 27.2 Å². The minimum atomic E-state index is 0. The molecule has 0 amide bonds. The molecule has 0 aliphatic heterocycles. The summed E-state index contributed by atoms with van der Waals surface area (Å²) >= 11 is 3.50. The first kappa shape index (κ1) is 21.2. The van der Waals surface area contributed by atoms with E-state index in [1.165, 1.54) is 0 Å². The van der Waals surface area contributed by atoms with E-state index < -0.39 is 0 Å². The molecule has 0 aliphatic carbocycles. The summed E-state index contributed by atoms with van der Waals surface area (Å²) in [6.45, 7) is 0. The summed E-state index contributed by atoms with van der Waals surface area (Å²) in [7, 11) is 9.33. The summed E-state index contributed by atoms with van der Waals surface area (Å²) in [5.74, 6) is 2.69. The Morgan fingerprint density at radius 2 is 1.63 bits per heavy atom. The molecule has 0 bridgehead atoms. The van der Waals surface area contributed by atoms with Crippen molar-refractivity contribution in [2.45, 2.75) is 0 Å². The molecule has 144 valence electrons. The second-order valence-corrected chi connectivity index (χ2v) is 7.66. The van der Waals surface area contributed by atoms with E-state index in [2.05, 4.69) is 21.2 Å². The SMILES string of the molecule is COc1cc2nc([N+](C)(C)C)nc(Nc3cccc(Br)c3)c2cc1OC.[Cl-]. The highest BCUT2D eigenvalue weighted by molar-refractivity contribution is 9.10. The van der Waals surface area contributed by atoms with Crippen LogP contribution in [0.3, 0.4) is 0 Å². The maximum atomic E-state index is 5.45. The predicted molar refractivity (Wildman–Crippen MR) is 110 cm³/mol. The van der Waals surface area contributed by atoms with Crippen molar-refractivity contribution in [3.8, 4) is 11.5 Å². The van der Waals surface area contributed by atoms with E-state index in [-0.39, 0.29) is 12.4 Å². The number of fused-ring (bicyclic) bond motifs is 1. The minimum Gasteiger partial charge on any atom is -1.00 e. The first-order chi connectivity index (χ1) is 12.3. The standard InChI is InChI=1S/C19H22BrN4O2.ClH/c1-24(2,3)19-22-15-11-17(26-5)16(25-4)10-14(15)18(23-19)21-13-8-6-7-12(20)9-13;/h6-11H,1-5H3,(H,21,22,23);1H/q+1;/p-1. The van der Waals surface area contributed by atoms with Gasteiger partial charge in [0.15, 0.2) is 11.5 Å². The monoisotopic (exact) mass is 452 g/mol. The molecule has 3 aromatic rings. The van der Waals surface area contributed by atoms with Crippen molar-refractivity contribution in [2.24, 2.45) is 0 Å². The van der Waals surface area contributed by atoms with Crippen LogP contribution < -0.4 is 31.7 Å². The molecular weight excluding hydrogens is 432 g/mol. The number of hydrogen-bond acceptors (Lipinski definition) is 5. The Labute approximate surface area is 173 Å². The van der Waals surface area contributed by atoms with Crippen LogP contribution in [0, 0.1) is 0 Å². The van der Waals surface area contributed by atoms with Gasteiger partial charge in [0.2, 0.25) is 0 Å². The Kier molecular flexibility index (Phi) is 6.51. The van der Waals surface area contributed by atoms with Crippen LogP contribution in [0.15, 0.2) is 40.9 Å². The van der Waals surface area contributed by atoms with Gasteiger partial charge in [-0.25, -0.2) is 0 Å². The third-order valence-corrected chi connectivity index (χ3v) is 4.37. The van der Waals surface area contributed by atoms with Crippen molar-refractivity contribution in [1.82, 2.24) is 14.5 Å². The van der Waals surface area contributed by atoms with Gasteiger partial charge in [0, 0.05) is 21.6 Å². The number of rotatable bonds is 5. The number of hydrogen-bond donors (Lipinski definition) is 1. The first-order valence-electron chi connectivity index (χ1n) is 8.10. The summed E-state index contributed by atoms with van der Waals surface area (Å²) in [5, 5.41) is 4.26. The van der Waals surface area contributed by atoms with Gasteiger partial charge in [0.25, 0.3) is 0 Å². The lowest BCUT2D eigenvalue weighted by Gasteiger charge is -2.22. The van der Waals surface area contributed by atoms with Gasteiger partial charge in [0.1, 0.15) is 5.82 Å². The van der Waals surface area contributed by atoms with E-state index >= 15 is 0 Å². The van der Waals surface area contributed by atoms with Crippen molar-refractivity contribution in [2.75, 3.05) is 40.7 Å². The summed E-state index contributed by atoms with van der Waals surface area (Å²) in [6.07, 6.45) is 0. The molecule has 0 saturated carbocycles. The van der Waals surface area contributed by atoms with E-state index in [1.54, 1.807) is 14.2 Å². The average Bonchev–Trinajstić information content (AvgIpc) is 2.59. The van der Waals surface area contributed by atoms with Gasteiger partial charge in [-0.05, 0) is 24.3 Å². The van der Waals surface area contributed by atoms with Crippen LogP contribution in [0.2, 0.25) is 0 Å². The fraction of sp³-hybridized carbons (Fsp3) is 0.263. The minimum absolute atomic E-state index is 0. The molecule has 8 heteroatoms. The number of ether oxygens (including phenoxy) is 2. The molecule has 0 saturated heterocycles. The number of aromatic nitrogens is 2. The van der Waals surface area contributed by atoms with Crippen LogP contribution >= 0.6 is 15.9 Å². The number of methoxy groups -OCH3 is 2. The van der Waals surface area contributed by atoms with Crippen molar-refractivity contribution in [3.05, 3.63) is 40.9 Å². The first-order valence-corrected chi connectivity index (χ1v) is 8.89. The molecule has 0 fully saturated rings. The van der Waals surface area contributed by atoms with Crippen LogP contribution in [0.4, 0.5) is 17.5 Å². The van der Waals surface area contributed by atoms with Crippen LogP contribution in [0.25, 0.3) is 10.9 Å². The molecule has 0 unspecified atom stereocenters. The lowest BCUT2D eigenvalue weighted by Crippen LogP contribution is -3.00. The Hall–Kier alpha value is -2.09. The lowest BCUT2D eigenvalue weighted by atomic mass is 10.2. The number of quaternary nitrogens is 1. The Morgan fingerprint density at radius 1 is 0.963 bits per heavy atom. The van der Waals surface area contributed by atoms with E-state index in [9.17, 15) is 0 Å². The van der Waals surface area contributed by atoms with Gasteiger partial charge in [-0.15, -0.1) is 0 Å². The van der Waals surface area contributed by atoms with Gasteiger partial charge in [-0.2, -0.15) is 9.97 Å². The number of halogens is 2. The second-order valence-electron chi connectivity index (χ2n) is 6.74. The van der Waals surface area contributed by atoms with E-state index in [1.807, 2.05) is 57.5 Å². The highest BCUT2D eigenvalue weighted by Crippen LogP contribution is 2.36. The largest absolute Gasteiger partial charge is 1.00 e. The van der Waals surface area contributed by atoms with Crippen LogP contribution in [-0.4, -0.2) is 45.3 Å². The Morgan fingerprint density at radius 3 is 2.22 bits per heavy atom. The molecule has 1 heterocycles. The topological polar surface area (TPSA) is 56.3 Å². The summed E-state index contributed by atoms with van der Waals surface area (Å²) < 4.78 is 12.4. The number of nitrogens with one attached hydrogen (secondary N) is 1. The lowest BCUT2D eigenvalue weighted by molar-refractivity contribution is -0.00000603. The molecule has 0 spiro atoms. The summed E-state index contributed by atoms with van der Waals surface area (Å²) in [6, 6.07) is 11.7. The smallest absolute Gasteiger partial charge is 0.330 e. The number of anilines is 2. The third-order valence-electron chi connectivity index (χ3n) is 3.88. The zero-order valence-electron chi connectivity index (χ0n) is 15.9. The number of nitrogens with zero attached hydrogens (tertiary/aromatic N) is 3. The van der Waals surface area contributed by atoms with Crippen LogP contribution in [-0.2, 0) is 0 Å². The molecule has 1 N–H and O–H groups in total. The maximum Gasteiger partial charge on any atom is 0.330 e. The molecule has 0 radical (unpaired) electrons. The van der Waals surface area contributed by atoms with Crippen molar-refractivity contribution in [3.63, 3.8) is 0 Å². The number of benzene rings is 2. The van der Waals surface area contributed by atoms with Crippen molar-refractivity contribution in [1.29, 1.82) is 0 Å². The summed E-state index contributed by atoms with van der Waals surface area (Å²) in [5.41, 5.74) is 1.72. The van der Waals surface area contributed by atoms with Crippen LogP contribution in [0.1, 0.15) is 0 Å². The van der Waals surface area contributed by atoms with E-state index in [0.29, 0.717) is 21.9 Å². The summed E-state index contributed by atoms with van der Waals surface area (Å²) in [4.78, 5) is 9.49. The molecular formula is C19H22BrClN4O2. The van der Waals surface area contributed by atoms with Crippen LogP contribution in [0.5, 0.6) is 11.5 Å². The van der Waals surface area contributed by atoms with E-state index in [4.69, 9.17) is 19.4 Å². The predicted octanol–water partition coefficient (Wildman–Crippen LogP) is 1.35. The molecule has 2 aromatic carbocycles. The molecule has 1 aromatic heterocycles. The molecule has 3 rings (SSSR count). The average molecular weight is 454 g/mol. The molecule has 0 atom stereocenters. The zero-order valence-corrected chi connectivity index (χ0v) is 18.2. The quantitative estimate of drug-likeness (QED) is 0.591. The highest BCUT2D eigenvalue weighted by Gasteiger charge is 2.21. The third kappa shape index (κ3) is 4.61. The fourth-order valence-corrected chi connectivity index (χ4v) is 2.94. The fourth-order valence-electron chi connectivity index (χ4n) is 2.54. The highest BCUT2D eigenvalue weighted by atomic mass is 79.9. The van der Waals surface area contributed by atoms with Crippen molar-refractivity contribution >= 4 is 44.3 Å². The van der Waals surface area contributed by atoms with Gasteiger partial charge >= 0.3 is 5.95 Å². The van der Waals surface area contributed by atoms with Crippen molar-refractivity contribution < 1.29 is 21.9 Å². The molecule has 0 aliphatic rings. The van der Waals surface area contributed by atoms with Gasteiger partial charge in [-0.3, -0.25) is 4.48 Å². The Bertz CT molecular complexity index is 960. The van der Waals surface area contributed by atoms with E-state index in [0.717, 1.165) is 26.9 Å². The second kappa shape index (κ2) is 8.29.